The van der Waals surface area contributed by atoms with E-state index in [0.717, 1.165) is 29.4 Å². The summed E-state index contributed by atoms with van der Waals surface area (Å²) in [5.41, 5.74) is 3.95. The first-order valence-corrected chi connectivity index (χ1v) is 7.06. The van der Waals surface area contributed by atoms with E-state index in [1.165, 1.54) is 4.88 Å². The minimum absolute atomic E-state index is 0.628. The number of anilines is 1. The van der Waals surface area contributed by atoms with E-state index in [9.17, 15) is 0 Å². The average Bonchev–Trinajstić information content (AvgIpc) is 2.83. The largest absolute Gasteiger partial charge is 0.493 e. The number of nitrogens with one attached hydrogen (secondary N) is 1. The molecule has 0 bridgehead atoms. The van der Waals surface area contributed by atoms with Gasteiger partial charge in [-0.3, -0.25) is 0 Å². The Labute approximate surface area is 117 Å². The molecule has 0 aliphatic carbocycles. The summed E-state index contributed by atoms with van der Waals surface area (Å²) in [5, 5.41) is 3.37. The lowest BCUT2D eigenvalue weighted by Crippen LogP contribution is -2.01. The summed E-state index contributed by atoms with van der Waals surface area (Å²) >= 11 is 1.66. The summed E-state index contributed by atoms with van der Waals surface area (Å²) in [5.74, 6) is 1.51. The van der Waals surface area contributed by atoms with Crippen molar-refractivity contribution in [1.29, 1.82) is 0 Å². The van der Waals surface area contributed by atoms with Gasteiger partial charge in [0.2, 0.25) is 0 Å². The van der Waals surface area contributed by atoms with Gasteiger partial charge >= 0.3 is 0 Å². The number of aromatic nitrogens is 1. The van der Waals surface area contributed by atoms with E-state index < -0.39 is 0 Å². The van der Waals surface area contributed by atoms with Crippen molar-refractivity contribution in [3.05, 3.63) is 34.3 Å². The van der Waals surface area contributed by atoms with Crippen LogP contribution < -0.4 is 14.8 Å². The molecular formula is C14H18N2O2S. The molecule has 1 heterocycles. The van der Waals surface area contributed by atoms with Crippen molar-refractivity contribution < 1.29 is 9.47 Å². The van der Waals surface area contributed by atoms with Crippen LogP contribution in [0.4, 0.5) is 5.69 Å². The molecule has 1 N–H and O–H groups in total. The van der Waals surface area contributed by atoms with Crippen molar-refractivity contribution in [2.45, 2.75) is 20.4 Å². The van der Waals surface area contributed by atoms with Gasteiger partial charge in [0, 0.05) is 16.6 Å². The van der Waals surface area contributed by atoms with E-state index in [2.05, 4.69) is 10.3 Å². The second-order valence-electron chi connectivity index (χ2n) is 4.01. The third-order valence-electron chi connectivity index (χ3n) is 2.76. The van der Waals surface area contributed by atoms with Gasteiger partial charge in [-0.1, -0.05) is 0 Å². The van der Waals surface area contributed by atoms with E-state index >= 15 is 0 Å². The van der Waals surface area contributed by atoms with Crippen molar-refractivity contribution >= 4 is 17.0 Å². The van der Waals surface area contributed by atoms with Crippen LogP contribution in [0.3, 0.4) is 0 Å². The van der Waals surface area contributed by atoms with Crippen LogP contribution in [0.15, 0.2) is 23.7 Å². The Morgan fingerprint density at radius 2 is 2.16 bits per heavy atom. The van der Waals surface area contributed by atoms with Crippen molar-refractivity contribution in [1.82, 2.24) is 4.98 Å². The third-order valence-corrected chi connectivity index (χ3v) is 3.70. The number of aryl methyl sites for hydroxylation is 1. The molecule has 1 aromatic heterocycles. The zero-order valence-electron chi connectivity index (χ0n) is 11.4. The molecule has 0 unspecified atom stereocenters. The summed E-state index contributed by atoms with van der Waals surface area (Å²) in [6.45, 7) is 5.38. The van der Waals surface area contributed by atoms with Gasteiger partial charge in [0.1, 0.15) is 0 Å². The molecule has 0 amide bonds. The highest BCUT2D eigenvalue weighted by molar-refractivity contribution is 7.09. The zero-order valence-corrected chi connectivity index (χ0v) is 12.2. The molecular weight excluding hydrogens is 260 g/mol. The molecule has 0 saturated heterocycles. The highest BCUT2D eigenvalue weighted by atomic mass is 32.1. The molecule has 0 fully saturated rings. The van der Waals surface area contributed by atoms with Gasteiger partial charge in [-0.25, -0.2) is 4.98 Å². The number of nitrogens with zero attached hydrogens (tertiary/aromatic N) is 1. The molecule has 0 spiro atoms. The van der Waals surface area contributed by atoms with Gasteiger partial charge < -0.3 is 14.8 Å². The maximum Gasteiger partial charge on any atom is 0.162 e. The minimum atomic E-state index is 0.628. The van der Waals surface area contributed by atoms with Crippen molar-refractivity contribution in [2.24, 2.45) is 0 Å². The lowest BCUT2D eigenvalue weighted by molar-refractivity contribution is 0.311. The first kappa shape index (κ1) is 13.7. The maximum atomic E-state index is 5.49. The van der Waals surface area contributed by atoms with Crippen molar-refractivity contribution in [2.75, 3.05) is 19.0 Å². The molecule has 0 aliphatic rings. The molecule has 19 heavy (non-hydrogen) atoms. The van der Waals surface area contributed by atoms with E-state index in [4.69, 9.17) is 9.47 Å². The van der Waals surface area contributed by atoms with Gasteiger partial charge in [0.25, 0.3) is 0 Å². The van der Waals surface area contributed by atoms with E-state index in [1.807, 2.05) is 37.6 Å². The lowest BCUT2D eigenvalue weighted by atomic mass is 10.2. The Balaban J connectivity index is 2.07. The molecule has 0 saturated carbocycles. The van der Waals surface area contributed by atoms with E-state index in [1.54, 1.807) is 18.4 Å². The number of thiazole rings is 1. The number of hydrogen-bond acceptors (Lipinski definition) is 5. The van der Waals surface area contributed by atoms with E-state index in [0.29, 0.717) is 6.61 Å². The molecule has 0 radical (unpaired) electrons. The van der Waals surface area contributed by atoms with Crippen LogP contribution in [0.5, 0.6) is 11.5 Å². The van der Waals surface area contributed by atoms with E-state index in [-0.39, 0.29) is 0 Å². The summed E-state index contributed by atoms with van der Waals surface area (Å²) in [7, 11) is 1.65. The Hall–Kier alpha value is -1.75. The number of ether oxygens (including phenoxy) is 2. The van der Waals surface area contributed by atoms with Crippen LogP contribution in [-0.2, 0) is 6.54 Å². The molecule has 2 rings (SSSR count). The summed E-state index contributed by atoms with van der Waals surface area (Å²) in [6.07, 6.45) is 0. The third kappa shape index (κ3) is 3.38. The highest BCUT2D eigenvalue weighted by Gasteiger charge is 2.06. The quantitative estimate of drug-likeness (QED) is 0.878. The standard InChI is InChI=1S/C14H18N2O2S/c1-4-18-12-6-5-11(7-13(12)17-3)15-8-14-10(2)16-9-19-14/h5-7,9,15H,4,8H2,1-3H3. The normalized spacial score (nSPS) is 10.3. The predicted octanol–water partition coefficient (Wildman–Crippen LogP) is 3.47. The Kier molecular flexibility index (Phi) is 4.63. The van der Waals surface area contributed by atoms with Gasteiger partial charge in [-0.2, -0.15) is 0 Å². The number of benzene rings is 1. The Morgan fingerprint density at radius 3 is 2.79 bits per heavy atom. The number of rotatable bonds is 6. The molecule has 0 atom stereocenters. The summed E-state index contributed by atoms with van der Waals surface area (Å²) < 4.78 is 10.8. The van der Waals surface area contributed by atoms with Gasteiger partial charge in [0.15, 0.2) is 11.5 Å². The maximum absolute atomic E-state index is 5.49. The first-order valence-electron chi connectivity index (χ1n) is 6.18. The van der Waals surface area contributed by atoms with Crippen LogP contribution in [0.25, 0.3) is 0 Å². The number of hydrogen-bond donors (Lipinski definition) is 1. The molecule has 1 aromatic carbocycles. The molecule has 4 nitrogen and oxygen atoms in total. The zero-order chi connectivity index (χ0) is 13.7. The van der Waals surface area contributed by atoms with Gasteiger partial charge in [-0.15, -0.1) is 11.3 Å². The first-order chi connectivity index (χ1) is 9.24. The Morgan fingerprint density at radius 1 is 1.32 bits per heavy atom. The second-order valence-corrected chi connectivity index (χ2v) is 4.95. The van der Waals surface area contributed by atoms with Crippen molar-refractivity contribution in [3.63, 3.8) is 0 Å². The topological polar surface area (TPSA) is 43.4 Å². The van der Waals surface area contributed by atoms with Gasteiger partial charge in [-0.05, 0) is 26.0 Å². The highest BCUT2D eigenvalue weighted by Crippen LogP contribution is 2.30. The predicted molar refractivity (Wildman–Crippen MR) is 78.3 cm³/mol. The molecule has 5 heteroatoms. The fourth-order valence-corrected chi connectivity index (χ4v) is 2.45. The van der Waals surface area contributed by atoms with Crippen LogP contribution in [-0.4, -0.2) is 18.7 Å². The molecule has 102 valence electrons. The summed E-state index contributed by atoms with van der Waals surface area (Å²) in [6, 6.07) is 5.86. The monoisotopic (exact) mass is 278 g/mol. The minimum Gasteiger partial charge on any atom is -0.493 e. The smallest absolute Gasteiger partial charge is 0.162 e. The lowest BCUT2D eigenvalue weighted by Gasteiger charge is -2.12. The van der Waals surface area contributed by atoms with Crippen LogP contribution in [0, 0.1) is 6.92 Å². The van der Waals surface area contributed by atoms with Crippen LogP contribution in [0.1, 0.15) is 17.5 Å². The molecule has 0 aliphatic heterocycles. The van der Waals surface area contributed by atoms with Crippen molar-refractivity contribution in [3.8, 4) is 11.5 Å². The summed E-state index contributed by atoms with van der Waals surface area (Å²) in [4.78, 5) is 5.48. The van der Waals surface area contributed by atoms with Crippen LogP contribution in [0.2, 0.25) is 0 Å². The fourth-order valence-electron chi connectivity index (χ4n) is 1.73. The average molecular weight is 278 g/mol. The van der Waals surface area contributed by atoms with Gasteiger partial charge in [0.05, 0.1) is 31.5 Å². The number of methoxy groups -OCH3 is 1. The molecule has 2 aromatic rings. The second kappa shape index (κ2) is 6.43. The van der Waals surface area contributed by atoms with Crippen LogP contribution >= 0.6 is 11.3 Å². The fraction of sp³-hybridized carbons (Fsp3) is 0.357. The SMILES string of the molecule is CCOc1ccc(NCc2scnc2C)cc1OC. The Bertz CT molecular complexity index is 540.